The Bertz CT molecular complexity index is 1870. The maximum Gasteiger partial charge on any atom is 0.472 e. The van der Waals surface area contributed by atoms with E-state index in [0.29, 0.717) is 25.7 Å². The Labute approximate surface area is 581 Å². The molecule has 0 heterocycles. The molecule has 0 aromatic heterocycles. The molecule has 0 fully saturated rings. The molecule has 0 aliphatic heterocycles. The Morgan fingerprint density at radius 2 is 0.505 bits per heavy atom. The molecule has 0 aliphatic rings. The maximum absolute atomic E-state index is 13.1. The first-order chi connectivity index (χ1) is 45.7. The van der Waals surface area contributed by atoms with E-state index in [9.17, 15) is 43.2 Å². The largest absolute Gasteiger partial charge is 0.472 e. The summed E-state index contributed by atoms with van der Waals surface area (Å²) in [5, 5.41) is 10.6. The summed E-state index contributed by atoms with van der Waals surface area (Å²) >= 11 is 0. The third kappa shape index (κ3) is 66.4. The van der Waals surface area contributed by atoms with Crippen LogP contribution in [0.1, 0.15) is 383 Å². The van der Waals surface area contributed by atoms with Gasteiger partial charge in [-0.2, -0.15) is 0 Å². The fourth-order valence-corrected chi connectivity index (χ4v) is 13.0. The van der Waals surface area contributed by atoms with Crippen molar-refractivity contribution in [3.63, 3.8) is 0 Å². The summed E-state index contributed by atoms with van der Waals surface area (Å²) in [6.45, 7) is 14.2. The lowest BCUT2D eigenvalue weighted by Gasteiger charge is -2.21. The number of aliphatic hydroxyl groups excluding tert-OH is 1. The molecule has 0 aliphatic carbocycles. The standard InChI is InChI=1S/C76H148O17P2/c1-9-67(6)53-45-37-29-25-22-23-27-31-43-51-59-76(81)93-72(63-87-74(79)57-49-41-35-33-39-47-55-69(8)11-3)65-91-95(84,85)89-61-70(77)60-88-94(82,83)90-64-71(62-86-73(78)56-48-40-34-32-38-46-54-68(7)10-2)92-75(80)58-50-42-30-26-21-19-17-15-13-12-14-16-18-20-24-28-36-44-52-66(4)5/h66-72,77H,9-65H2,1-8H3,(H,82,83)(H,84,85)/t67?,68?,69?,70-,71-,72-/m1/s1. The van der Waals surface area contributed by atoms with Crippen molar-refractivity contribution in [3.8, 4) is 0 Å². The average Bonchev–Trinajstić information content (AvgIpc) is 1.87. The van der Waals surface area contributed by atoms with E-state index in [-0.39, 0.29) is 25.7 Å². The predicted octanol–water partition coefficient (Wildman–Crippen LogP) is 22.0. The lowest BCUT2D eigenvalue weighted by molar-refractivity contribution is -0.161. The van der Waals surface area contributed by atoms with Crippen molar-refractivity contribution in [2.75, 3.05) is 39.6 Å². The molecule has 0 saturated carbocycles. The van der Waals surface area contributed by atoms with Crippen LogP contribution in [0.3, 0.4) is 0 Å². The van der Waals surface area contributed by atoms with Crippen molar-refractivity contribution < 1.29 is 80.2 Å². The van der Waals surface area contributed by atoms with Crippen LogP contribution in [0.25, 0.3) is 0 Å². The van der Waals surface area contributed by atoms with Crippen LogP contribution in [0, 0.1) is 23.7 Å². The van der Waals surface area contributed by atoms with Crippen LogP contribution < -0.4 is 0 Å². The Kier molecular flexibility index (Phi) is 64.0. The third-order valence-corrected chi connectivity index (χ3v) is 20.6. The second kappa shape index (κ2) is 65.4. The van der Waals surface area contributed by atoms with Crippen LogP contribution in [0.5, 0.6) is 0 Å². The number of unbranched alkanes of at least 4 members (excludes halogenated alkanes) is 36. The van der Waals surface area contributed by atoms with Crippen LogP contribution in [0.4, 0.5) is 0 Å². The van der Waals surface area contributed by atoms with Gasteiger partial charge in [0.05, 0.1) is 26.4 Å². The highest BCUT2D eigenvalue weighted by Crippen LogP contribution is 2.45. The number of carbonyl (C=O) groups is 4. The number of rotatable bonds is 73. The number of carbonyl (C=O) groups excluding carboxylic acids is 4. The lowest BCUT2D eigenvalue weighted by atomic mass is 9.99. The zero-order valence-corrected chi connectivity index (χ0v) is 64.1. The van der Waals surface area contributed by atoms with Gasteiger partial charge in [0.25, 0.3) is 0 Å². The fraction of sp³-hybridized carbons (Fsp3) is 0.947. The van der Waals surface area contributed by atoms with Crippen molar-refractivity contribution in [1.82, 2.24) is 0 Å². The number of hydrogen-bond donors (Lipinski definition) is 3. The number of phosphoric acid groups is 2. The van der Waals surface area contributed by atoms with Gasteiger partial charge in [-0.25, -0.2) is 9.13 Å². The van der Waals surface area contributed by atoms with E-state index in [2.05, 4.69) is 55.4 Å². The van der Waals surface area contributed by atoms with E-state index in [1.165, 1.54) is 173 Å². The molecule has 0 radical (unpaired) electrons. The number of phosphoric ester groups is 2. The van der Waals surface area contributed by atoms with Crippen molar-refractivity contribution >= 4 is 39.5 Å². The highest BCUT2D eigenvalue weighted by Gasteiger charge is 2.30. The quantitative estimate of drug-likeness (QED) is 0.0222. The first-order valence-electron chi connectivity index (χ1n) is 39.3. The topological polar surface area (TPSA) is 237 Å². The summed E-state index contributed by atoms with van der Waals surface area (Å²) in [4.78, 5) is 72.7. The van der Waals surface area contributed by atoms with E-state index in [4.69, 9.17) is 37.0 Å². The van der Waals surface area contributed by atoms with Gasteiger partial charge in [-0.15, -0.1) is 0 Å². The molecule has 95 heavy (non-hydrogen) atoms. The summed E-state index contributed by atoms with van der Waals surface area (Å²) < 4.78 is 68.5. The molecule has 0 aromatic carbocycles. The molecule has 0 rings (SSSR count). The minimum atomic E-state index is -4.96. The molecule has 19 heteroatoms. The van der Waals surface area contributed by atoms with Crippen LogP contribution in [0.15, 0.2) is 0 Å². The molecule has 0 aromatic rings. The third-order valence-electron chi connectivity index (χ3n) is 18.7. The number of ether oxygens (including phenoxy) is 4. The number of hydrogen-bond acceptors (Lipinski definition) is 15. The van der Waals surface area contributed by atoms with E-state index >= 15 is 0 Å². The SMILES string of the molecule is CCC(C)CCCCCCCCCCCCC(=O)O[C@H](COC(=O)CCCCCCCCC(C)CC)COP(=O)(O)OC[C@H](O)COP(=O)(O)OC[C@@H](COC(=O)CCCCCCCCC(C)CC)OC(=O)CCCCCCCCCCCCCCCCCCCCC(C)C. The van der Waals surface area contributed by atoms with E-state index < -0.39 is 97.5 Å². The van der Waals surface area contributed by atoms with Crippen molar-refractivity contribution in [1.29, 1.82) is 0 Å². The number of esters is 4. The van der Waals surface area contributed by atoms with Crippen LogP contribution in [-0.2, 0) is 65.4 Å². The lowest BCUT2D eigenvalue weighted by Crippen LogP contribution is -2.30. The van der Waals surface area contributed by atoms with Crippen molar-refractivity contribution in [2.45, 2.75) is 401 Å². The van der Waals surface area contributed by atoms with Gasteiger partial charge in [-0.3, -0.25) is 37.3 Å². The molecule has 5 unspecified atom stereocenters. The van der Waals surface area contributed by atoms with Gasteiger partial charge in [-0.05, 0) is 49.4 Å². The minimum absolute atomic E-state index is 0.105. The molecule has 17 nitrogen and oxygen atoms in total. The summed E-state index contributed by atoms with van der Waals surface area (Å²) in [6.07, 6.45) is 50.1. The normalized spacial score (nSPS) is 15.0. The van der Waals surface area contributed by atoms with E-state index in [0.717, 1.165) is 126 Å². The maximum atomic E-state index is 13.1. The Hall–Kier alpha value is -1.94. The second-order valence-corrected chi connectivity index (χ2v) is 31.5. The Balaban J connectivity index is 5.19. The molecule has 0 amide bonds. The van der Waals surface area contributed by atoms with Crippen LogP contribution >= 0.6 is 15.6 Å². The number of aliphatic hydroxyl groups is 1. The monoisotopic (exact) mass is 1400 g/mol. The first-order valence-corrected chi connectivity index (χ1v) is 42.3. The Morgan fingerprint density at radius 3 is 0.747 bits per heavy atom. The molecular weight excluding hydrogens is 1250 g/mol. The first kappa shape index (κ1) is 93.1. The van der Waals surface area contributed by atoms with Gasteiger partial charge in [0, 0.05) is 25.7 Å². The highest BCUT2D eigenvalue weighted by molar-refractivity contribution is 7.47. The molecule has 564 valence electrons. The molecule has 8 atom stereocenters. The van der Waals surface area contributed by atoms with Gasteiger partial charge >= 0.3 is 39.5 Å². The van der Waals surface area contributed by atoms with Crippen LogP contribution in [0.2, 0.25) is 0 Å². The zero-order valence-electron chi connectivity index (χ0n) is 62.3. The van der Waals surface area contributed by atoms with Crippen molar-refractivity contribution in [2.24, 2.45) is 23.7 Å². The van der Waals surface area contributed by atoms with E-state index in [1.54, 1.807) is 0 Å². The van der Waals surface area contributed by atoms with Crippen LogP contribution in [-0.4, -0.2) is 96.7 Å². The van der Waals surface area contributed by atoms with Crippen molar-refractivity contribution in [3.05, 3.63) is 0 Å². The Morgan fingerprint density at radius 1 is 0.295 bits per heavy atom. The van der Waals surface area contributed by atoms with Gasteiger partial charge in [-0.1, -0.05) is 331 Å². The van der Waals surface area contributed by atoms with Gasteiger partial charge in [0.15, 0.2) is 12.2 Å². The predicted molar refractivity (Wildman–Crippen MR) is 386 cm³/mol. The second-order valence-electron chi connectivity index (χ2n) is 28.6. The molecule has 0 spiro atoms. The molecule has 3 N–H and O–H groups in total. The van der Waals surface area contributed by atoms with E-state index in [1.807, 2.05) is 0 Å². The zero-order chi connectivity index (χ0) is 70.3. The molecule has 0 saturated heterocycles. The fourth-order valence-electron chi connectivity index (χ4n) is 11.5. The summed E-state index contributed by atoms with van der Waals surface area (Å²) in [5.41, 5.74) is 0. The van der Waals surface area contributed by atoms with Gasteiger partial charge < -0.3 is 33.8 Å². The summed E-state index contributed by atoms with van der Waals surface area (Å²) in [7, 11) is -9.91. The minimum Gasteiger partial charge on any atom is -0.462 e. The molecular formula is C76H148O17P2. The average molecular weight is 1400 g/mol. The van der Waals surface area contributed by atoms with Gasteiger partial charge in [0.1, 0.15) is 19.3 Å². The smallest absolute Gasteiger partial charge is 0.462 e. The van der Waals surface area contributed by atoms with Gasteiger partial charge in [0.2, 0.25) is 0 Å². The summed E-state index contributed by atoms with van der Waals surface area (Å²) in [5.74, 6) is 0.961. The highest BCUT2D eigenvalue weighted by atomic mass is 31.2. The molecule has 0 bridgehead atoms. The summed E-state index contributed by atoms with van der Waals surface area (Å²) in [6, 6.07) is 0.